The van der Waals surface area contributed by atoms with Crippen molar-refractivity contribution in [2.45, 2.75) is 26.4 Å². The number of nitrogens with zero attached hydrogens (tertiary/aromatic N) is 3. The molecule has 0 aliphatic carbocycles. The average molecular weight is 404 g/mol. The number of amides is 1. The number of carbonyl (C=O) groups is 1. The molecule has 1 atom stereocenters. The van der Waals surface area contributed by atoms with Gasteiger partial charge in [0.25, 0.3) is 5.91 Å². The normalized spacial score (nSPS) is 12.1. The number of aryl methyl sites for hydroxylation is 1. The number of rotatable bonds is 7. The van der Waals surface area contributed by atoms with Crippen molar-refractivity contribution in [3.8, 4) is 11.8 Å². The summed E-state index contributed by atoms with van der Waals surface area (Å²) in [5.41, 5.74) is 1.80. The van der Waals surface area contributed by atoms with E-state index in [1.54, 1.807) is 12.1 Å². The summed E-state index contributed by atoms with van der Waals surface area (Å²) >= 11 is 1.29. The molecular formula is C22H20N4O2S. The Hall–Kier alpha value is -3.50. The van der Waals surface area contributed by atoms with E-state index < -0.39 is 5.91 Å². The van der Waals surface area contributed by atoms with Gasteiger partial charge in [-0.1, -0.05) is 60.7 Å². The zero-order valence-corrected chi connectivity index (χ0v) is 16.9. The van der Waals surface area contributed by atoms with Gasteiger partial charge in [-0.15, -0.1) is 10.2 Å². The van der Waals surface area contributed by atoms with Gasteiger partial charge in [0.2, 0.25) is 5.13 Å². The quantitative estimate of drug-likeness (QED) is 0.452. The Bertz CT molecular complexity index is 1040. The number of benzene rings is 2. The summed E-state index contributed by atoms with van der Waals surface area (Å²) in [4.78, 5) is 12.3. The largest absolute Gasteiger partial charge is 0.486 e. The molecule has 1 unspecified atom stereocenters. The van der Waals surface area contributed by atoms with Gasteiger partial charge in [-0.05, 0) is 42.7 Å². The van der Waals surface area contributed by atoms with Crippen LogP contribution in [0.4, 0.5) is 5.13 Å². The predicted octanol–water partition coefficient (Wildman–Crippen LogP) is 4.79. The van der Waals surface area contributed by atoms with Crippen LogP contribution < -0.4 is 10.1 Å². The van der Waals surface area contributed by atoms with Crippen LogP contribution in [0.5, 0.6) is 5.75 Å². The third-order valence-corrected chi connectivity index (χ3v) is 5.11. The molecule has 0 saturated heterocycles. The van der Waals surface area contributed by atoms with E-state index in [0.29, 0.717) is 10.9 Å². The minimum absolute atomic E-state index is 0.00966. The number of hydrogen-bond donors (Lipinski definition) is 1. The van der Waals surface area contributed by atoms with E-state index in [1.807, 2.05) is 62.4 Å². The van der Waals surface area contributed by atoms with Gasteiger partial charge in [0, 0.05) is 0 Å². The first-order valence-corrected chi connectivity index (χ1v) is 9.98. The minimum Gasteiger partial charge on any atom is -0.486 e. The lowest BCUT2D eigenvalue weighted by molar-refractivity contribution is -0.112. The zero-order chi connectivity index (χ0) is 20.6. The lowest BCUT2D eigenvalue weighted by Gasteiger charge is -2.15. The summed E-state index contributed by atoms with van der Waals surface area (Å²) in [5.74, 6) is 0.201. The van der Waals surface area contributed by atoms with E-state index in [9.17, 15) is 10.1 Å². The van der Waals surface area contributed by atoms with E-state index in [4.69, 9.17) is 4.74 Å². The Kier molecular flexibility index (Phi) is 6.72. The molecule has 1 amide bonds. The number of ether oxygens (including phenoxy) is 1. The van der Waals surface area contributed by atoms with Crippen LogP contribution in [-0.4, -0.2) is 16.1 Å². The second-order valence-electron chi connectivity index (χ2n) is 6.22. The summed E-state index contributed by atoms with van der Waals surface area (Å²) in [7, 11) is 0. The molecule has 1 N–H and O–H groups in total. The molecule has 1 aromatic heterocycles. The summed E-state index contributed by atoms with van der Waals surface area (Å²) in [5, 5.41) is 21.0. The molecule has 0 saturated carbocycles. The molecule has 29 heavy (non-hydrogen) atoms. The molecule has 0 spiro atoms. The molecular weight excluding hydrogens is 384 g/mol. The fourth-order valence-corrected chi connectivity index (χ4v) is 3.24. The van der Waals surface area contributed by atoms with Crippen molar-refractivity contribution in [2.75, 3.05) is 5.32 Å². The molecule has 146 valence electrons. The maximum Gasteiger partial charge on any atom is 0.268 e. The van der Waals surface area contributed by atoms with Crippen molar-refractivity contribution in [1.82, 2.24) is 10.2 Å². The van der Waals surface area contributed by atoms with Crippen LogP contribution in [0.1, 0.15) is 36.1 Å². The number of carbonyl (C=O) groups excluding carboxylic acids is 1. The highest BCUT2D eigenvalue weighted by Crippen LogP contribution is 2.23. The third-order valence-electron chi connectivity index (χ3n) is 4.13. The smallest absolute Gasteiger partial charge is 0.268 e. The van der Waals surface area contributed by atoms with Gasteiger partial charge in [0.15, 0.2) is 0 Å². The van der Waals surface area contributed by atoms with E-state index in [2.05, 4.69) is 15.5 Å². The molecule has 3 aromatic rings. The molecule has 0 aliphatic heterocycles. The highest BCUT2D eigenvalue weighted by atomic mass is 32.1. The Labute approximate surface area is 173 Å². The number of anilines is 1. The lowest BCUT2D eigenvalue weighted by atomic mass is 10.1. The van der Waals surface area contributed by atoms with Gasteiger partial charge in [-0.3, -0.25) is 10.1 Å². The molecule has 0 bridgehead atoms. The van der Waals surface area contributed by atoms with E-state index in [0.717, 1.165) is 22.6 Å². The van der Waals surface area contributed by atoms with Crippen molar-refractivity contribution in [3.05, 3.63) is 76.3 Å². The average Bonchev–Trinajstić information content (AvgIpc) is 3.21. The zero-order valence-electron chi connectivity index (χ0n) is 16.1. The predicted molar refractivity (Wildman–Crippen MR) is 113 cm³/mol. The molecule has 0 aliphatic rings. The van der Waals surface area contributed by atoms with E-state index in [1.165, 1.54) is 17.4 Å². The van der Waals surface area contributed by atoms with E-state index >= 15 is 0 Å². The molecule has 7 heteroatoms. The van der Waals surface area contributed by atoms with Gasteiger partial charge in [0.05, 0.1) is 0 Å². The Morgan fingerprint density at radius 2 is 1.93 bits per heavy atom. The number of nitrogens with one attached hydrogen (secondary N) is 1. The lowest BCUT2D eigenvalue weighted by Crippen LogP contribution is -2.13. The van der Waals surface area contributed by atoms with Crippen molar-refractivity contribution in [3.63, 3.8) is 0 Å². The number of aromatic nitrogens is 2. The van der Waals surface area contributed by atoms with Crippen molar-refractivity contribution in [1.29, 1.82) is 5.26 Å². The summed E-state index contributed by atoms with van der Waals surface area (Å²) in [6, 6.07) is 19.1. The topological polar surface area (TPSA) is 87.9 Å². The maximum atomic E-state index is 12.3. The first kappa shape index (κ1) is 20.2. The highest BCUT2D eigenvalue weighted by molar-refractivity contribution is 7.15. The monoisotopic (exact) mass is 404 g/mol. The van der Waals surface area contributed by atoms with Gasteiger partial charge in [-0.2, -0.15) is 5.26 Å². The van der Waals surface area contributed by atoms with Crippen LogP contribution in [0.25, 0.3) is 6.08 Å². The van der Waals surface area contributed by atoms with Crippen LogP contribution in [0, 0.1) is 11.3 Å². The maximum absolute atomic E-state index is 12.3. The number of hydrogen-bond acceptors (Lipinski definition) is 6. The Balaban J connectivity index is 1.66. The summed E-state index contributed by atoms with van der Waals surface area (Å²) < 4.78 is 5.95. The molecule has 1 heterocycles. The second kappa shape index (κ2) is 9.62. The molecule has 0 radical (unpaired) electrons. The van der Waals surface area contributed by atoms with Gasteiger partial charge >= 0.3 is 0 Å². The minimum atomic E-state index is -0.510. The van der Waals surface area contributed by atoms with Crippen LogP contribution in [0.2, 0.25) is 0 Å². The molecule has 3 rings (SSSR count). The van der Waals surface area contributed by atoms with Crippen LogP contribution >= 0.6 is 11.3 Å². The Morgan fingerprint density at radius 3 is 2.55 bits per heavy atom. The Morgan fingerprint density at radius 1 is 1.21 bits per heavy atom. The van der Waals surface area contributed by atoms with Crippen molar-refractivity contribution >= 4 is 28.5 Å². The summed E-state index contributed by atoms with van der Waals surface area (Å²) in [6.07, 6.45) is 2.19. The van der Waals surface area contributed by atoms with Crippen molar-refractivity contribution in [2.24, 2.45) is 0 Å². The standard InChI is InChI=1S/C22H20N4O2S/c1-3-20-25-26-22(29-20)24-21(27)18(14-23)13-16-9-11-19(12-10-16)28-15(2)17-7-5-4-6-8-17/h4-13,15H,3H2,1-2H3,(H,24,26,27)/b18-13-. The fourth-order valence-electron chi connectivity index (χ4n) is 2.57. The second-order valence-corrected chi connectivity index (χ2v) is 7.28. The molecule has 2 aromatic carbocycles. The first-order chi connectivity index (χ1) is 14.1. The van der Waals surface area contributed by atoms with Crippen LogP contribution in [0.3, 0.4) is 0 Å². The first-order valence-electron chi connectivity index (χ1n) is 9.16. The van der Waals surface area contributed by atoms with Crippen LogP contribution in [-0.2, 0) is 11.2 Å². The van der Waals surface area contributed by atoms with Gasteiger partial charge in [0.1, 0.15) is 28.5 Å². The molecule has 0 fully saturated rings. The van der Waals surface area contributed by atoms with Gasteiger partial charge in [-0.25, -0.2) is 0 Å². The summed E-state index contributed by atoms with van der Waals surface area (Å²) in [6.45, 7) is 3.94. The third kappa shape index (κ3) is 5.50. The highest BCUT2D eigenvalue weighted by Gasteiger charge is 2.13. The fraction of sp³-hybridized carbons (Fsp3) is 0.182. The van der Waals surface area contributed by atoms with Gasteiger partial charge < -0.3 is 4.74 Å². The van der Waals surface area contributed by atoms with Crippen LogP contribution in [0.15, 0.2) is 60.2 Å². The SMILES string of the molecule is CCc1nnc(NC(=O)/C(C#N)=C\c2ccc(OC(C)c3ccccc3)cc2)s1. The van der Waals surface area contributed by atoms with Crippen molar-refractivity contribution < 1.29 is 9.53 Å². The molecule has 6 nitrogen and oxygen atoms in total. The number of nitriles is 1. The van der Waals surface area contributed by atoms with E-state index in [-0.39, 0.29) is 11.7 Å².